The van der Waals surface area contributed by atoms with E-state index in [2.05, 4.69) is 4.98 Å². The van der Waals surface area contributed by atoms with Crippen LogP contribution in [-0.2, 0) is 17.9 Å². The monoisotopic (exact) mass is 334 g/mol. The van der Waals surface area contributed by atoms with E-state index in [0.29, 0.717) is 21.7 Å². The van der Waals surface area contributed by atoms with E-state index < -0.39 is 6.10 Å². The Morgan fingerprint density at radius 1 is 1.39 bits per heavy atom. The van der Waals surface area contributed by atoms with Crippen LogP contribution in [0.3, 0.4) is 0 Å². The zero-order valence-corrected chi connectivity index (χ0v) is 12.9. The number of nitrogens with zero attached hydrogens (tertiary/aromatic N) is 2. The Labute approximate surface area is 136 Å². The van der Waals surface area contributed by atoms with Gasteiger partial charge in [0.2, 0.25) is 0 Å². The predicted octanol–water partition coefficient (Wildman–Crippen LogP) is 2.22. The number of halogens is 1. The van der Waals surface area contributed by atoms with Crippen molar-refractivity contribution in [1.82, 2.24) is 9.55 Å². The van der Waals surface area contributed by atoms with Gasteiger partial charge in [-0.05, 0) is 30.3 Å². The second-order valence-electron chi connectivity index (χ2n) is 5.11. The fourth-order valence-corrected chi connectivity index (χ4v) is 2.40. The number of ether oxygens (including phenoxy) is 1. The molecule has 0 aliphatic carbocycles. The summed E-state index contributed by atoms with van der Waals surface area (Å²) < 4.78 is 11.8. The lowest BCUT2D eigenvalue weighted by atomic mass is 10.2. The topological polar surface area (TPSA) is 77.5 Å². The van der Waals surface area contributed by atoms with Crippen LogP contribution < -0.4 is 5.56 Å². The zero-order chi connectivity index (χ0) is 16.2. The molecule has 2 heterocycles. The molecule has 1 atom stereocenters. The van der Waals surface area contributed by atoms with Gasteiger partial charge in [0.05, 0.1) is 42.7 Å². The minimum absolute atomic E-state index is 0.0891. The lowest BCUT2D eigenvalue weighted by Crippen LogP contribution is -2.29. The molecular weight excluding hydrogens is 320 g/mol. The molecule has 0 aliphatic rings. The van der Waals surface area contributed by atoms with Crippen LogP contribution in [-0.4, -0.2) is 27.4 Å². The molecule has 0 radical (unpaired) electrons. The molecule has 0 spiro atoms. The number of aliphatic hydroxyl groups is 1. The summed E-state index contributed by atoms with van der Waals surface area (Å²) >= 11 is 5.88. The minimum Gasteiger partial charge on any atom is -0.467 e. The van der Waals surface area contributed by atoms with Crippen LogP contribution in [0, 0.1) is 0 Å². The van der Waals surface area contributed by atoms with Gasteiger partial charge in [-0.2, -0.15) is 0 Å². The molecule has 0 aliphatic heterocycles. The molecule has 7 heteroatoms. The summed E-state index contributed by atoms with van der Waals surface area (Å²) in [7, 11) is 0. The van der Waals surface area contributed by atoms with E-state index in [1.807, 2.05) is 0 Å². The number of hydrogen-bond donors (Lipinski definition) is 1. The van der Waals surface area contributed by atoms with E-state index in [1.54, 1.807) is 36.6 Å². The summed E-state index contributed by atoms with van der Waals surface area (Å²) in [5, 5.41) is 11.0. The molecule has 6 nitrogen and oxygen atoms in total. The number of aliphatic hydroxyl groups excluding tert-OH is 1. The molecule has 0 bridgehead atoms. The van der Waals surface area contributed by atoms with Gasteiger partial charge in [0.15, 0.2) is 0 Å². The van der Waals surface area contributed by atoms with Crippen LogP contribution in [0.25, 0.3) is 10.9 Å². The van der Waals surface area contributed by atoms with E-state index in [-0.39, 0.29) is 25.3 Å². The number of aromatic nitrogens is 2. The lowest BCUT2D eigenvalue weighted by Gasteiger charge is -2.13. The Kier molecular flexibility index (Phi) is 4.76. The third-order valence-electron chi connectivity index (χ3n) is 3.33. The van der Waals surface area contributed by atoms with E-state index in [9.17, 15) is 9.90 Å². The highest BCUT2D eigenvalue weighted by Gasteiger charge is 2.10. The average Bonchev–Trinajstić information content (AvgIpc) is 3.03. The first-order valence-corrected chi connectivity index (χ1v) is 7.44. The largest absolute Gasteiger partial charge is 0.467 e. The van der Waals surface area contributed by atoms with Crippen molar-refractivity contribution in [1.29, 1.82) is 0 Å². The average molecular weight is 335 g/mol. The minimum atomic E-state index is -0.825. The summed E-state index contributed by atoms with van der Waals surface area (Å²) in [4.78, 5) is 16.5. The third-order valence-corrected chi connectivity index (χ3v) is 3.56. The number of hydrogen-bond acceptors (Lipinski definition) is 5. The van der Waals surface area contributed by atoms with E-state index >= 15 is 0 Å². The second kappa shape index (κ2) is 6.95. The van der Waals surface area contributed by atoms with Crippen molar-refractivity contribution < 1.29 is 14.3 Å². The Morgan fingerprint density at radius 2 is 2.26 bits per heavy atom. The van der Waals surface area contributed by atoms with Crippen LogP contribution in [0.2, 0.25) is 5.02 Å². The van der Waals surface area contributed by atoms with Crippen molar-refractivity contribution in [3.8, 4) is 0 Å². The molecule has 1 N–H and O–H groups in total. The quantitative estimate of drug-likeness (QED) is 0.748. The highest BCUT2D eigenvalue weighted by atomic mass is 35.5. The third kappa shape index (κ3) is 3.79. The van der Waals surface area contributed by atoms with E-state index in [4.69, 9.17) is 20.8 Å². The van der Waals surface area contributed by atoms with Crippen molar-refractivity contribution in [2.45, 2.75) is 19.3 Å². The first kappa shape index (κ1) is 15.7. The predicted molar refractivity (Wildman–Crippen MR) is 85.4 cm³/mol. The van der Waals surface area contributed by atoms with Gasteiger partial charge in [-0.3, -0.25) is 9.36 Å². The van der Waals surface area contributed by atoms with E-state index in [1.165, 1.54) is 10.9 Å². The summed E-state index contributed by atoms with van der Waals surface area (Å²) in [6.07, 6.45) is 2.13. The molecule has 0 saturated carbocycles. The Hall–Kier alpha value is -2.15. The van der Waals surface area contributed by atoms with Crippen molar-refractivity contribution in [3.63, 3.8) is 0 Å². The van der Waals surface area contributed by atoms with Crippen molar-refractivity contribution >= 4 is 22.5 Å². The van der Waals surface area contributed by atoms with Gasteiger partial charge in [-0.25, -0.2) is 4.98 Å². The molecular formula is C16H15ClN2O4. The van der Waals surface area contributed by atoms with Crippen LogP contribution >= 0.6 is 11.6 Å². The van der Waals surface area contributed by atoms with Gasteiger partial charge in [-0.15, -0.1) is 0 Å². The molecule has 0 unspecified atom stereocenters. The number of fused-ring (bicyclic) bond motifs is 1. The fraction of sp³-hybridized carbons (Fsp3) is 0.250. The summed E-state index contributed by atoms with van der Waals surface area (Å²) in [6, 6.07) is 8.45. The Bertz CT molecular complexity index is 845. The zero-order valence-electron chi connectivity index (χ0n) is 12.2. The summed E-state index contributed by atoms with van der Waals surface area (Å²) in [5.41, 5.74) is 0.305. The lowest BCUT2D eigenvalue weighted by molar-refractivity contribution is 0.0142. The van der Waals surface area contributed by atoms with Crippen LogP contribution in [0.5, 0.6) is 0 Å². The molecule has 120 valence electrons. The van der Waals surface area contributed by atoms with Gasteiger partial charge in [0, 0.05) is 5.02 Å². The maximum absolute atomic E-state index is 12.3. The fourth-order valence-electron chi connectivity index (χ4n) is 2.23. The summed E-state index contributed by atoms with van der Waals surface area (Å²) in [6.45, 7) is 0.460. The molecule has 1 aromatic carbocycles. The van der Waals surface area contributed by atoms with Gasteiger partial charge in [-0.1, -0.05) is 11.6 Å². The van der Waals surface area contributed by atoms with Crippen molar-refractivity contribution in [3.05, 3.63) is 64.1 Å². The van der Waals surface area contributed by atoms with Gasteiger partial charge in [0.1, 0.15) is 12.4 Å². The number of benzene rings is 1. The SMILES string of the molecule is O=c1c2ccc(Cl)cc2ncn1C[C@@H](O)COCc1ccco1. The normalized spacial score (nSPS) is 12.6. The van der Waals surface area contributed by atoms with Gasteiger partial charge >= 0.3 is 0 Å². The molecule has 0 amide bonds. The highest BCUT2D eigenvalue weighted by molar-refractivity contribution is 6.31. The van der Waals surface area contributed by atoms with Gasteiger partial charge in [0.25, 0.3) is 5.56 Å². The Morgan fingerprint density at radius 3 is 3.04 bits per heavy atom. The molecule has 0 fully saturated rings. The Balaban J connectivity index is 1.65. The van der Waals surface area contributed by atoms with Crippen LogP contribution in [0.4, 0.5) is 0 Å². The molecule has 2 aromatic heterocycles. The molecule has 3 aromatic rings. The smallest absolute Gasteiger partial charge is 0.261 e. The standard InChI is InChI=1S/C16H15ClN2O4/c17-11-3-4-14-15(6-11)18-10-19(16(14)21)7-12(20)8-22-9-13-2-1-5-23-13/h1-6,10,12,20H,7-9H2/t12-/m1/s1. The molecule has 0 saturated heterocycles. The van der Waals surface area contributed by atoms with Crippen molar-refractivity contribution in [2.75, 3.05) is 6.61 Å². The van der Waals surface area contributed by atoms with Gasteiger partial charge < -0.3 is 14.3 Å². The second-order valence-corrected chi connectivity index (χ2v) is 5.55. The molecule has 3 rings (SSSR count). The summed E-state index contributed by atoms with van der Waals surface area (Å²) in [5.74, 6) is 0.679. The van der Waals surface area contributed by atoms with Crippen molar-refractivity contribution in [2.24, 2.45) is 0 Å². The first-order chi connectivity index (χ1) is 11.1. The maximum Gasteiger partial charge on any atom is 0.261 e. The molecule has 23 heavy (non-hydrogen) atoms. The maximum atomic E-state index is 12.3. The first-order valence-electron chi connectivity index (χ1n) is 7.06. The van der Waals surface area contributed by atoms with Crippen LogP contribution in [0.1, 0.15) is 5.76 Å². The number of furan rings is 1. The highest BCUT2D eigenvalue weighted by Crippen LogP contribution is 2.14. The van der Waals surface area contributed by atoms with Crippen LogP contribution in [0.15, 0.2) is 52.1 Å². The van der Waals surface area contributed by atoms with E-state index in [0.717, 1.165) is 0 Å². The number of rotatable bonds is 6.